The normalized spacial score (nSPS) is 11.5. The smallest absolute Gasteiger partial charge is 0.277 e. The zero-order valence-corrected chi connectivity index (χ0v) is 9.69. The molecule has 0 aliphatic heterocycles. The third-order valence-electron chi connectivity index (χ3n) is 1.84. The van der Waals surface area contributed by atoms with Gasteiger partial charge >= 0.3 is 0 Å². The van der Waals surface area contributed by atoms with Gasteiger partial charge in [0, 0.05) is 10.5 Å². The zero-order chi connectivity index (χ0) is 11.4. The average Bonchev–Trinajstić information content (AvgIpc) is 2.20. The van der Waals surface area contributed by atoms with Crippen LogP contribution in [0.4, 0.5) is 5.69 Å². The maximum atomic E-state index is 10.7. The Hall–Kier alpha value is -1.20. The minimum atomic E-state index is -0.443. The van der Waals surface area contributed by atoms with Gasteiger partial charge in [0.2, 0.25) is 0 Å². The summed E-state index contributed by atoms with van der Waals surface area (Å²) in [7, 11) is 0. The van der Waals surface area contributed by atoms with Crippen molar-refractivity contribution in [3.05, 3.63) is 43.9 Å². The molecule has 0 atom stereocenters. The first-order valence-corrected chi connectivity index (χ1v) is 5.06. The monoisotopic (exact) mass is 271 g/mol. The fourth-order valence-corrected chi connectivity index (χ4v) is 1.46. The molecule has 0 saturated carbocycles. The minimum Gasteiger partial charge on any atom is -0.392 e. The SMILES string of the molecule is C/C(=C/c1ccc(Br)cc1[N+](=O)[O-])CO. The predicted molar refractivity (Wildman–Crippen MR) is 61.5 cm³/mol. The number of nitro benzene ring substituents is 1. The molecule has 0 saturated heterocycles. The van der Waals surface area contributed by atoms with Crippen molar-refractivity contribution < 1.29 is 10.0 Å². The summed E-state index contributed by atoms with van der Waals surface area (Å²) in [5.41, 5.74) is 1.20. The molecule has 0 radical (unpaired) electrons. The summed E-state index contributed by atoms with van der Waals surface area (Å²) in [6.45, 7) is 1.61. The van der Waals surface area contributed by atoms with Gasteiger partial charge in [0.05, 0.1) is 17.1 Å². The molecule has 0 bridgehead atoms. The maximum Gasteiger partial charge on any atom is 0.277 e. The van der Waals surface area contributed by atoms with Gasteiger partial charge in [0.1, 0.15) is 0 Å². The van der Waals surface area contributed by atoms with E-state index < -0.39 is 4.92 Å². The van der Waals surface area contributed by atoms with E-state index in [1.165, 1.54) is 6.07 Å². The Kier molecular flexibility index (Phi) is 3.99. The van der Waals surface area contributed by atoms with Gasteiger partial charge in [-0.1, -0.05) is 15.9 Å². The predicted octanol–water partition coefficient (Wildman–Crippen LogP) is 2.75. The Morgan fingerprint density at radius 1 is 1.67 bits per heavy atom. The fourth-order valence-electron chi connectivity index (χ4n) is 1.11. The van der Waals surface area contributed by atoms with Crippen LogP contribution >= 0.6 is 15.9 Å². The van der Waals surface area contributed by atoms with Crippen LogP contribution in [0.3, 0.4) is 0 Å². The molecule has 5 heteroatoms. The molecule has 0 amide bonds. The van der Waals surface area contributed by atoms with Crippen molar-refractivity contribution in [3.63, 3.8) is 0 Å². The number of rotatable bonds is 3. The Morgan fingerprint density at radius 2 is 2.33 bits per heavy atom. The molecule has 0 spiro atoms. The van der Waals surface area contributed by atoms with E-state index in [1.54, 1.807) is 25.1 Å². The molecule has 0 unspecified atom stereocenters. The number of hydrogen-bond acceptors (Lipinski definition) is 3. The number of nitrogens with zero attached hydrogens (tertiary/aromatic N) is 1. The maximum absolute atomic E-state index is 10.7. The summed E-state index contributed by atoms with van der Waals surface area (Å²) < 4.78 is 0.660. The Bertz CT molecular complexity index is 415. The second kappa shape index (κ2) is 5.04. The topological polar surface area (TPSA) is 63.4 Å². The van der Waals surface area contributed by atoms with Crippen LogP contribution in [0.1, 0.15) is 12.5 Å². The van der Waals surface area contributed by atoms with Gasteiger partial charge in [-0.05, 0) is 30.7 Å². The minimum absolute atomic E-state index is 0.0252. The van der Waals surface area contributed by atoms with Crippen molar-refractivity contribution in [1.82, 2.24) is 0 Å². The third-order valence-corrected chi connectivity index (χ3v) is 2.33. The molecule has 0 aliphatic carbocycles. The molecule has 0 heterocycles. The highest BCUT2D eigenvalue weighted by Gasteiger charge is 2.11. The van der Waals surface area contributed by atoms with Crippen LogP contribution in [0, 0.1) is 10.1 Å². The van der Waals surface area contributed by atoms with Crippen LogP contribution in [0.25, 0.3) is 6.08 Å². The molecule has 0 aliphatic rings. The van der Waals surface area contributed by atoms with Gasteiger partial charge in [-0.3, -0.25) is 10.1 Å². The lowest BCUT2D eigenvalue weighted by Crippen LogP contribution is -1.92. The lowest BCUT2D eigenvalue weighted by Gasteiger charge is -2.00. The van der Waals surface area contributed by atoms with Gasteiger partial charge in [-0.15, -0.1) is 0 Å². The zero-order valence-electron chi connectivity index (χ0n) is 8.11. The van der Waals surface area contributed by atoms with Crippen LogP contribution < -0.4 is 0 Å². The second-order valence-corrected chi connectivity index (χ2v) is 4.02. The summed E-state index contributed by atoms with van der Waals surface area (Å²) in [4.78, 5) is 10.3. The van der Waals surface area contributed by atoms with E-state index in [4.69, 9.17) is 5.11 Å². The second-order valence-electron chi connectivity index (χ2n) is 3.11. The molecule has 1 aromatic carbocycles. The van der Waals surface area contributed by atoms with Gasteiger partial charge in [-0.25, -0.2) is 0 Å². The van der Waals surface area contributed by atoms with Crippen LogP contribution in [0.5, 0.6) is 0 Å². The highest BCUT2D eigenvalue weighted by Crippen LogP contribution is 2.25. The summed E-state index contributed by atoms with van der Waals surface area (Å²) in [5.74, 6) is 0. The summed E-state index contributed by atoms with van der Waals surface area (Å²) >= 11 is 3.17. The van der Waals surface area contributed by atoms with Crippen molar-refractivity contribution >= 4 is 27.7 Å². The van der Waals surface area contributed by atoms with Crippen LogP contribution in [-0.4, -0.2) is 16.6 Å². The van der Waals surface area contributed by atoms with Crippen molar-refractivity contribution in [1.29, 1.82) is 0 Å². The summed E-state index contributed by atoms with van der Waals surface area (Å²) in [6.07, 6.45) is 1.60. The molecule has 1 aromatic rings. The van der Waals surface area contributed by atoms with Crippen molar-refractivity contribution in [2.24, 2.45) is 0 Å². The van der Waals surface area contributed by atoms with Gasteiger partial charge in [0.15, 0.2) is 0 Å². The van der Waals surface area contributed by atoms with Crippen LogP contribution in [-0.2, 0) is 0 Å². The Balaban J connectivity index is 3.23. The van der Waals surface area contributed by atoms with Crippen LogP contribution in [0.2, 0.25) is 0 Å². The molecule has 0 fully saturated rings. The molecular formula is C10H10BrNO3. The Morgan fingerprint density at radius 3 is 2.87 bits per heavy atom. The highest BCUT2D eigenvalue weighted by molar-refractivity contribution is 9.10. The number of benzene rings is 1. The van der Waals surface area contributed by atoms with E-state index in [9.17, 15) is 10.1 Å². The molecule has 15 heavy (non-hydrogen) atoms. The number of halogens is 1. The van der Waals surface area contributed by atoms with Crippen molar-refractivity contribution in [2.45, 2.75) is 6.92 Å². The number of aliphatic hydroxyl groups is 1. The molecule has 0 aromatic heterocycles. The molecule has 80 valence electrons. The summed E-state index contributed by atoms with van der Waals surface area (Å²) in [5, 5.41) is 19.6. The van der Waals surface area contributed by atoms with Gasteiger partial charge < -0.3 is 5.11 Å². The van der Waals surface area contributed by atoms with E-state index in [0.717, 1.165) is 0 Å². The first-order chi connectivity index (χ1) is 7.04. The van der Waals surface area contributed by atoms with E-state index in [2.05, 4.69) is 15.9 Å². The highest BCUT2D eigenvalue weighted by atomic mass is 79.9. The van der Waals surface area contributed by atoms with Gasteiger partial charge in [0.25, 0.3) is 5.69 Å². The summed E-state index contributed by atoms with van der Waals surface area (Å²) in [6, 6.07) is 4.81. The van der Waals surface area contributed by atoms with E-state index in [0.29, 0.717) is 15.6 Å². The van der Waals surface area contributed by atoms with E-state index in [-0.39, 0.29) is 12.3 Å². The van der Waals surface area contributed by atoms with Crippen molar-refractivity contribution in [2.75, 3.05) is 6.61 Å². The lowest BCUT2D eigenvalue weighted by molar-refractivity contribution is -0.385. The first kappa shape index (κ1) is 11.9. The number of hydrogen-bond donors (Lipinski definition) is 1. The quantitative estimate of drug-likeness (QED) is 0.679. The van der Waals surface area contributed by atoms with Crippen LogP contribution in [0.15, 0.2) is 28.2 Å². The largest absolute Gasteiger partial charge is 0.392 e. The molecule has 1 rings (SSSR count). The Labute approximate surface area is 95.5 Å². The molecular weight excluding hydrogens is 262 g/mol. The average molecular weight is 272 g/mol. The van der Waals surface area contributed by atoms with Crippen molar-refractivity contribution in [3.8, 4) is 0 Å². The van der Waals surface area contributed by atoms with E-state index in [1.807, 2.05) is 0 Å². The third kappa shape index (κ3) is 3.14. The number of aliphatic hydroxyl groups excluding tert-OH is 1. The molecule has 1 N–H and O–H groups in total. The first-order valence-electron chi connectivity index (χ1n) is 4.26. The van der Waals surface area contributed by atoms with E-state index >= 15 is 0 Å². The number of nitro groups is 1. The van der Waals surface area contributed by atoms with Gasteiger partial charge in [-0.2, -0.15) is 0 Å². The standard InChI is InChI=1S/C10H10BrNO3/c1-7(6-13)4-8-2-3-9(11)5-10(8)12(14)15/h2-5,13H,6H2,1H3/b7-4-. The lowest BCUT2D eigenvalue weighted by atomic mass is 10.1. The fraction of sp³-hybridized carbons (Fsp3) is 0.200. The molecule has 4 nitrogen and oxygen atoms in total.